The van der Waals surface area contributed by atoms with Gasteiger partial charge in [0.1, 0.15) is 0 Å². The molecule has 1 rings (SSSR count). The highest BCUT2D eigenvalue weighted by Crippen LogP contribution is 2.52. The molecule has 1 aliphatic carbocycles. The molecular weight excluding hydrogens is 569 g/mol. The second kappa shape index (κ2) is 6.52. The average Bonchev–Trinajstić information content (AvgIpc) is 2.35. The van der Waals surface area contributed by atoms with Crippen LogP contribution in [0.4, 0.5) is 30.7 Å². The Balaban J connectivity index is 3.57. The molecule has 2 atom stereocenters. The van der Waals surface area contributed by atoms with Crippen molar-refractivity contribution in [3.05, 3.63) is 21.5 Å². The molecule has 0 spiro atoms. The van der Waals surface area contributed by atoms with Gasteiger partial charge in [-0.3, -0.25) is 0 Å². The lowest BCUT2D eigenvalue weighted by atomic mass is 9.98. The average molecular weight is 577 g/mol. The van der Waals surface area contributed by atoms with Crippen molar-refractivity contribution in [3.63, 3.8) is 0 Å². The van der Waals surface area contributed by atoms with Gasteiger partial charge in [-0.2, -0.15) is 30.7 Å². The summed E-state index contributed by atoms with van der Waals surface area (Å²) < 4.78 is 113. The van der Waals surface area contributed by atoms with Gasteiger partial charge in [-0.25, -0.2) is 8.42 Å². The lowest BCUT2D eigenvalue weighted by Crippen LogP contribution is -2.56. The first-order valence-electron chi connectivity index (χ1n) is 5.89. The van der Waals surface area contributed by atoms with Crippen LogP contribution in [0.15, 0.2) is 21.5 Å². The number of rotatable bonds is 4. The maximum Gasteiger partial charge on any atom is 0.461 e. The largest absolute Gasteiger partial charge is 0.461 e. The van der Waals surface area contributed by atoms with Gasteiger partial charge in [0, 0.05) is 4.83 Å². The third kappa shape index (κ3) is 3.59. The van der Waals surface area contributed by atoms with E-state index in [2.05, 4.69) is 47.8 Å². The summed E-state index contributed by atoms with van der Waals surface area (Å²) in [5, 5.41) is -6.38. The van der Waals surface area contributed by atoms with Crippen molar-refractivity contribution in [2.75, 3.05) is 0 Å². The molecule has 0 aromatic rings. The van der Waals surface area contributed by atoms with Crippen LogP contribution in [0.5, 0.6) is 0 Å². The van der Waals surface area contributed by atoms with Gasteiger partial charge in [0.05, 0.1) is 9.23 Å². The first kappa shape index (κ1) is 22.4. The molecular formula is C11H8Br3F7O2S. The predicted octanol–water partition coefficient (Wildman–Crippen LogP) is 5.68. The van der Waals surface area contributed by atoms with Gasteiger partial charge < -0.3 is 0 Å². The van der Waals surface area contributed by atoms with E-state index in [0.29, 0.717) is 12.2 Å². The molecule has 0 saturated heterocycles. The van der Waals surface area contributed by atoms with Gasteiger partial charge in [0.15, 0.2) is 0 Å². The summed E-state index contributed by atoms with van der Waals surface area (Å²) in [7, 11) is -6.34. The molecule has 140 valence electrons. The standard InChI is InChI=1S/C11H8Br3F7O2S/c1-5(12)8(14)3-6(13)2-7(4-8)24(22,23)11(20,21)9(15,16)10(17,18)19/h2,4-5H,3H2,1H3. The van der Waals surface area contributed by atoms with Crippen molar-refractivity contribution >= 4 is 57.6 Å². The Morgan fingerprint density at radius 1 is 1.17 bits per heavy atom. The number of sulfone groups is 1. The molecule has 0 radical (unpaired) electrons. The highest BCUT2D eigenvalue weighted by atomic mass is 79.9. The Morgan fingerprint density at radius 3 is 2.00 bits per heavy atom. The Bertz CT molecular complexity index is 682. The SMILES string of the molecule is CC(Br)C1(Br)C=C(S(=O)(=O)C(F)(F)C(F)(F)C(F)(F)F)C=C(Br)C1. The van der Waals surface area contributed by atoms with Crippen molar-refractivity contribution in [3.8, 4) is 0 Å². The molecule has 0 aromatic heterocycles. The molecule has 2 unspecified atom stereocenters. The van der Waals surface area contributed by atoms with E-state index in [4.69, 9.17) is 0 Å². The summed E-state index contributed by atoms with van der Waals surface area (Å²) in [6, 6.07) is 0. The molecule has 1 aliphatic rings. The van der Waals surface area contributed by atoms with Gasteiger partial charge in [-0.1, -0.05) is 54.7 Å². The molecule has 0 heterocycles. The van der Waals surface area contributed by atoms with Crippen LogP contribution in [-0.4, -0.2) is 34.9 Å². The van der Waals surface area contributed by atoms with Crippen LogP contribution in [0.2, 0.25) is 0 Å². The minimum atomic E-state index is -6.76. The number of hydrogen-bond acceptors (Lipinski definition) is 2. The lowest BCUT2D eigenvalue weighted by molar-refractivity contribution is -0.331. The van der Waals surface area contributed by atoms with E-state index in [-0.39, 0.29) is 10.9 Å². The van der Waals surface area contributed by atoms with Gasteiger partial charge in [0.25, 0.3) is 0 Å². The zero-order valence-corrected chi connectivity index (χ0v) is 17.0. The van der Waals surface area contributed by atoms with Crippen molar-refractivity contribution < 1.29 is 39.2 Å². The third-order valence-electron chi connectivity index (χ3n) is 3.15. The fraction of sp³-hybridized carbons (Fsp3) is 0.636. The molecule has 0 N–H and O–H groups in total. The van der Waals surface area contributed by atoms with Crippen LogP contribution in [-0.2, 0) is 9.84 Å². The van der Waals surface area contributed by atoms with E-state index < -0.39 is 41.2 Å². The van der Waals surface area contributed by atoms with Crippen molar-refractivity contribution in [1.82, 2.24) is 0 Å². The quantitative estimate of drug-likeness (QED) is 0.319. The van der Waals surface area contributed by atoms with Crippen LogP contribution in [0.1, 0.15) is 13.3 Å². The first-order valence-corrected chi connectivity index (χ1v) is 9.87. The van der Waals surface area contributed by atoms with Crippen molar-refractivity contribution in [1.29, 1.82) is 0 Å². The summed E-state index contributed by atoms with van der Waals surface area (Å²) >= 11 is 9.03. The van der Waals surface area contributed by atoms with E-state index >= 15 is 0 Å². The number of allylic oxidation sites excluding steroid dienone is 3. The summed E-state index contributed by atoms with van der Waals surface area (Å²) in [6.07, 6.45) is -5.44. The normalized spacial score (nSPS) is 25.1. The summed E-state index contributed by atoms with van der Waals surface area (Å²) in [5.74, 6) is -6.76. The van der Waals surface area contributed by atoms with Gasteiger partial charge in [-0.05, 0) is 23.1 Å². The monoisotopic (exact) mass is 574 g/mol. The molecule has 0 fully saturated rings. The number of halogens is 10. The van der Waals surface area contributed by atoms with Gasteiger partial charge >= 0.3 is 17.4 Å². The smallest absolute Gasteiger partial charge is 0.217 e. The zero-order chi connectivity index (χ0) is 19.4. The molecule has 13 heteroatoms. The molecule has 24 heavy (non-hydrogen) atoms. The van der Waals surface area contributed by atoms with Crippen molar-refractivity contribution in [2.24, 2.45) is 0 Å². The van der Waals surface area contributed by atoms with Gasteiger partial charge in [0.2, 0.25) is 9.84 Å². The Kier molecular flexibility index (Phi) is 6.09. The summed E-state index contributed by atoms with van der Waals surface area (Å²) in [6.45, 7) is 1.50. The Hall–Kier alpha value is 0.380. The van der Waals surface area contributed by atoms with Crippen molar-refractivity contribution in [2.45, 2.75) is 39.8 Å². The highest BCUT2D eigenvalue weighted by molar-refractivity contribution is 9.13. The van der Waals surface area contributed by atoms with E-state index in [1.54, 1.807) is 0 Å². The molecule has 0 bridgehead atoms. The van der Waals surface area contributed by atoms with Crippen LogP contribution in [0.25, 0.3) is 0 Å². The van der Waals surface area contributed by atoms with Crippen LogP contribution < -0.4 is 0 Å². The van der Waals surface area contributed by atoms with E-state index in [1.807, 2.05) is 0 Å². The van der Waals surface area contributed by atoms with Gasteiger partial charge in [-0.15, -0.1) is 0 Å². The number of hydrogen-bond donors (Lipinski definition) is 0. The Morgan fingerprint density at radius 2 is 1.62 bits per heavy atom. The summed E-state index contributed by atoms with van der Waals surface area (Å²) in [4.78, 5) is -1.91. The summed E-state index contributed by atoms with van der Waals surface area (Å²) in [5.41, 5.74) is 0. The predicted molar refractivity (Wildman–Crippen MR) is 84.6 cm³/mol. The van der Waals surface area contributed by atoms with Crippen LogP contribution >= 0.6 is 47.8 Å². The second-order valence-electron chi connectivity index (χ2n) is 4.95. The molecule has 0 saturated carbocycles. The maximum atomic E-state index is 13.7. The molecule has 0 aromatic carbocycles. The van der Waals surface area contributed by atoms with E-state index in [9.17, 15) is 39.2 Å². The van der Waals surface area contributed by atoms with E-state index in [1.165, 1.54) is 6.92 Å². The fourth-order valence-electron chi connectivity index (χ4n) is 1.69. The van der Waals surface area contributed by atoms with Crippen LogP contribution in [0, 0.1) is 0 Å². The zero-order valence-electron chi connectivity index (χ0n) is 11.4. The number of alkyl halides is 9. The first-order chi connectivity index (χ1) is 10.4. The molecule has 2 nitrogen and oxygen atoms in total. The lowest BCUT2D eigenvalue weighted by Gasteiger charge is -2.33. The fourth-order valence-corrected chi connectivity index (χ4v) is 5.33. The Labute approximate surface area is 157 Å². The minimum Gasteiger partial charge on any atom is -0.217 e. The third-order valence-corrected chi connectivity index (χ3v) is 8.08. The van der Waals surface area contributed by atoms with Crippen LogP contribution in [0.3, 0.4) is 0 Å². The van der Waals surface area contributed by atoms with E-state index in [0.717, 1.165) is 0 Å². The highest BCUT2D eigenvalue weighted by Gasteiger charge is 2.79. The molecule has 0 aliphatic heterocycles. The topological polar surface area (TPSA) is 34.1 Å². The maximum absolute atomic E-state index is 13.7. The minimum absolute atomic E-state index is 0.0258. The second-order valence-corrected chi connectivity index (χ2v) is 10.8. The molecule has 0 amide bonds.